The van der Waals surface area contributed by atoms with Gasteiger partial charge in [-0.1, -0.05) is 35.9 Å². The molecule has 130 valence electrons. The molecule has 3 aromatic heterocycles. The molecule has 6 nitrogen and oxygen atoms in total. The summed E-state index contributed by atoms with van der Waals surface area (Å²) in [4.78, 5) is 17.1. The first-order valence-electron chi connectivity index (χ1n) is 8.32. The Hall–Kier alpha value is -3.54. The third kappa shape index (κ3) is 3.17. The average Bonchev–Trinajstić information content (AvgIpc) is 3.29. The van der Waals surface area contributed by atoms with Gasteiger partial charge in [-0.15, -0.1) is 0 Å². The Morgan fingerprint density at radius 3 is 2.73 bits per heavy atom. The van der Waals surface area contributed by atoms with Gasteiger partial charge in [0.05, 0.1) is 12.8 Å². The van der Waals surface area contributed by atoms with Gasteiger partial charge in [0.15, 0.2) is 0 Å². The lowest BCUT2D eigenvalue weighted by molar-refractivity contribution is 0.250. The molecule has 26 heavy (non-hydrogen) atoms. The van der Waals surface area contributed by atoms with Crippen molar-refractivity contribution in [3.8, 4) is 11.3 Å². The number of nitrogens with zero attached hydrogens (tertiary/aromatic N) is 2. The van der Waals surface area contributed by atoms with E-state index in [4.69, 9.17) is 4.42 Å². The molecule has 1 aromatic carbocycles. The molecule has 0 saturated carbocycles. The second-order valence-electron chi connectivity index (χ2n) is 5.99. The van der Waals surface area contributed by atoms with Crippen molar-refractivity contribution in [3.63, 3.8) is 0 Å². The van der Waals surface area contributed by atoms with Crippen LogP contribution in [0.15, 0.2) is 71.5 Å². The van der Waals surface area contributed by atoms with Crippen LogP contribution in [-0.2, 0) is 6.54 Å². The molecule has 6 heteroatoms. The van der Waals surface area contributed by atoms with E-state index < -0.39 is 0 Å². The number of aromatic nitrogens is 2. The van der Waals surface area contributed by atoms with Crippen molar-refractivity contribution in [3.05, 3.63) is 78.4 Å². The van der Waals surface area contributed by atoms with E-state index in [-0.39, 0.29) is 6.03 Å². The first kappa shape index (κ1) is 16.0. The first-order valence-corrected chi connectivity index (χ1v) is 8.32. The van der Waals surface area contributed by atoms with Gasteiger partial charge in [0.25, 0.3) is 0 Å². The summed E-state index contributed by atoms with van der Waals surface area (Å²) < 4.78 is 7.10. The normalized spacial score (nSPS) is 10.8. The van der Waals surface area contributed by atoms with Gasteiger partial charge in [-0.3, -0.25) is 9.72 Å². The van der Waals surface area contributed by atoms with E-state index in [0.717, 1.165) is 16.9 Å². The van der Waals surface area contributed by atoms with Crippen LogP contribution in [0.25, 0.3) is 16.9 Å². The highest BCUT2D eigenvalue weighted by Gasteiger charge is 2.16. The standard InChI is InChI=1S/C20H18N4O2/c1-14-7-9-15(10-8-14)18-19(24-11-3-2-6-17(24)22-18)23-20(25)21-13-16-5-4-12-26-16/h2-12H,13H2,1H3,(H2,21,23,25). The predicted octanol–water partition coefficient (Wildman–Crippen LogP) is 4.22. The number of carbonyl (C=O) groups excluding carboxylic acids is 1. The van der Waals surface area contributed by atoms with Crippen molar-refractivity contribution in [2.75, 3.05) is 5.32 Å². The number of urea groups is 1. The smallest absolute Gasteiger partial charge is 0.320 e. The van der Waals surface area contributed by atoms with Gasteiger partial charge in [-0.25, -0.2) is 9.78 Å². The molecular formula is C20H18N4O2. The van der Waals surface area contributed by atoms with Gasteiger partial charge >= 0.3 is 6.03 Å². The summed E-state index contributed by atoms with van der Waals surface area (Å²) >= 11 is 0. The number of amides is 2. The summed E-state index contributed by atoms with van der Waals surface area (Å²) in [5, 5.41) is 5.71. The molecule has 0 aliphatic heterocycles. The van der Waals surface area contributed by atoms with Gasteiger partial charge in [-0.05, 0) is 31.2 Å². The van der Waals surface area contributed by atoms with Crippen molar-refractivity contribution >= 4 is 17.5 Å². The zero-order valence-corrected chi connectivity index (χ0v) is 14.3. The maximum absolute atomic E-state index is 12.4. The quantitative estimate of drug-likeness (QED) is 0.581. The van der Waals surface area contributed by atoms with E-state index in [1.54, 1.807) is 12.3 Å². The Balaban J connectivity index is 1.65. The second-order valence-corrected chi connectivity index (χ2v) is 5.99. The van der Waals surface area contributed by atoms with E-state index >= 15 is 0 Å². The predicted molar refractivity (Wildman–Crippen MR) is 99.9 cm³/mol. The lowest BCUT2D eigenvalue weighted by Crippen LogP contribution is -2.28. The second kappa shape index (κ2) is 6.76. The molecule has 3 heterocycles. The SMILES string of the molecule is Cc1ccc(-c2nc3ccccn3c2NC(=O)NCc2ccco2)cc1. The number of pyridine rings is 1. The molecule has 0 spiro atoms. The van der Waals surface area contributed by atoms with Crippen molar-refractivity contribution < 1.29 is 9.21 Å². The van der Waals surface area contributed by atoms with E-state index in [2.05, 4.69) is 15.6 Å². The molecule has 0 atom stereocenters. The minimum Gasteiger partial charge on any atom is -0.467 e. The van der Waals surface area contributed by atoms with Crippen LogP contribution in [-0.4, -0.2) is 15.4 Å². The van der Waals surface area contributed by atoms with E-state index in [0.29, 0.717) is 18.1 Å². The van der Waals surface area contributed by atoms with Crippen LogP contribution in [0.1, 0.15) is 11.3 Å². The zero-order valence-electron chi connectivity index (χ0n) is 14.3. The fourth-order valence-corrected chi connectivity index (χ4v) is 2.76. The summed E-state index contributed by atoms with van der Waals surface area (Å²) in [6.07, 6.45) is 3.46. The molecule has 2 amide bonds. The highest BCUT2D eigenvalue weighted by molar-refractivity contribution is 5.93. The molecule has 0 aliphatic rings. The van der Waals surface area contributed by atoms with Gasteiger partial charge in [0.2, 0.25) is 0 Å². The number of benzene rings is 1. The molecule has 0 saturated heterocycles. The summed E-state index contributed by atoms with van der Waals surface area (Å²) in [5.41, 5.74) is 3.61. The maximum atomic E-state index is 12.4. The summed E-state index contributed by atoms with van der Waals surface area (Å²) in [6, 6.07) is 17.1. The topological polar surface area (TPSA) is 71.6 Å². The molecule has 0 radical (unpaired) electrons. The van der Waals surface area contributed by atoms with Crippen molar-refractivity contribution in [1.29, 1.82) is 0 Å². The lowest BCUT2D eigenvalue weighted by Gasteiger charge is -2.09. The van der Waals surface area contributed by atoms with Crippen molar-refractivity contribution in [1.82, 2.24) is 14.7 Å². The number of hydrogen-bond acceptors (Lipinski definition) is 3. The van der Waals surface area contributed by atoms with Gasteiger partial charge in [-0.2, -0.15) is 0 Å². The van der Waals surface area contributed by atoms with Gasteiger partial charge in [0.1, 0.15) is 22.9 Å². The van der Waals surface area contributed by atoms with Crippen LogP contribution >= 0.6 is 0 Å². The van der Waals surface area contributed by atoms with Crippen LogP contribution in [0, 0.1) is 6.92 Å². The Bertz CT molecular complexity index is 1030. The number of fused-ring (bicyclic) bond motifs is 1. The zero-order chi connectivity index (χ0) is 17.9. The number of hydrogen-bond donors (Lipinski definition) is 2. The Morgan fingerprint density at radius 1 is 1.12 bits per heavy atom. The molecule has 4 aromatic rings. The number of furan rings is 1. The molecule has 0 unspecified atom stereocenters. The highest BCUT2D eigenvalue weighted by atomic mass is 16.3. The van der Waals surface area contributed by atoms with E-state index in [1.807, 2.05) is 66.1 Å². The first-order chi connectivity index (χ1) is 12.7. The number of anilines is 1. The minimum atomic E-state index is -0.319. The van der Waals surface area contributed by atoms with Crippen LogP contribution in [0.2, 0.25) is 0 Å². The molecule has 0 aliphatic carbocycles. The lowest BCUT2D eigenvalue weighted by atomic mass is 10.1. The largest absolute Gasteiger partial charge is 0.467 e. The highest BCUT2D eigenvalue weighted by Crippen LogP contribution is 2.28. The number of rotatable bonds is 4. The molecular weight excluding hydrogens is 328 g/mol. The Kier molecular flexibility index (Phi) is 4.15. The van der Waals surface area contributed by atoms with E-state index in [9.17, 15) is 4.79 Å². The molecule has 0 bridgehead atoms. The van der Waals surface area contributed by atoms with E-state index in [1.165, 1.54) is 5.56 Å². The maximum Gasteiger partial charge on any atom is 0.320 e. The molecule has 4 rings (SSSR count). The van der Waals surface area contributed by atoms with Crippen LogP contribution in [0.5, 0.6) is 0 Å². The monoisotopic (exact) mass is 346 g/mol. The molecule has 0 fully saturated rings. The number of carbonyl (C=O) groups is 1. The van der Waals surface area contributed by atoms with Crippen molar-refractivity contribution in [2.45, 2.75) is 13.5 Å². The van der Waals surface area contributed by atoms with Gasteiger partial charge in [0, 0.05) is 11.8 Å². The van der Waals surface area contributed by atoms with Crippen molar-refractivity contribution in [2.24, 2.45) is 0 Å². The Morgan fingerprint density at radius 2 is 1.96 bits per heavy atom. The summed E-state index contributed by atoms with van der Waals surface area (Å²) in [6.45, 7) is 2.35. The number of nitrogens with one attached hydrogen (secondary N) is 2. The number of imidazole rings is 1. The van der Waals surface area contributed by atoms with Crippen LogP contribution < -0.4 is 10.6 Å². The third-order valence-corrected chi connectivity index (χ3v) is 4.09. The fraction of sp³-hybridized carbons (Fsp3) is 0.100. The fourth-order valence-electron chi connectivity index (χ4n) is 2.76. The number of aryl methyl sites for hydroxylation is 1. The average molecular weight is 346 g/mol. The van der Waals surface area contributed by atoms with Crippen LogP contribution in [0.4, 0.5) is 10.6 Å². The Labute approximate surface area is 150 Å². The molecule has 2 N–H and O–H groups in total. The van der Waals surface area contributed by atoms with Crippen LogP contribution in [0.3, 0.4) is 0 Å². The summed E-state index contributed by atoms with van der Waals surface area (Å²) in [5.74, 6) is 1.32. The van der Waals surface area contributed by atoms with Gasteiger partial charge < -0.3 is 9.73 Å². The third-order valence-electron chi connectivity index (χ3n) is 4.09. The minimum absolute atomic E-state index is 0.315. The summed E-state index contributed by atoms with van der Waals surface area (Å²) in [7, 11) is 0.